The number of fused-ring (bicyclic) bond motifs is 21. The average molecular weight is 1920 g/mol. The van der Waals surface area contributed by atoms with Crippen molar-refractivity contribution in [1.82, 2.24) is 87.2 Å². The lowest BCUT2D eigenvalue weighted by Gasteiger charge is -2.12. The first-order chi connectivity index (χ1) is 74.4. The summed E-state index contributed by atoms with van der Waals surface area (Å²) in [5.41, 5.74) is 28.0. The van der Waals surface area contributed by atoms with Gasteiger partial charge in [0.05, 0.1) is 101 Å². The Morgan fingerprint density at radius 2 is 0.380 bits per heavy atom. The van der Waals surface area contributed by atoms with Crippen LogP contribution in [-0.2, 0) is 0 Å². The van der Waals surface area contributed by atoms with Crippen LogP contribution in [0.5, 0.6) is 0 Å². The molecule has 12 aromatic heterocycles. The zero-order valence-electron chi connectivity index (χ0n) is 80.5. The van der Waals surface area contributed by atoms with Gasteiger partial charge in [-0.25, -0.2) is 59.8 Å². The molecular weight excluding hydrogens is 1840 g/mol. The molecular formula is C132H84N18. The van der Waals surface area contributed by atoms with Gasteiger partial charge in [-0.2, -0.15) is 0 Å². The highest BCUT2D eigenvalue weighted by Crippen LogP contribution is 2.47. The number of aromatic nitrogens is 18. The maximum Gasteiger partial charge on any atom is 0.234 e. The van der Waals surface area contributed by atoms with Crippen LogP contribution in [0.2, 0.25) is 0 Å². The molecule has 702 valence electrons. The van der Waals surface area contributed by atoms with Crippen LogP contribution in [0.3, 0.4) is 0 Å². The fourth-order valence-electron chi connectivity index (χ4n) is 21.6. The predicted molar refractivity (Wildman–Crippen MR) is 608 cm³/mol. The monoisotopic (exact) mass is 1920 g/mol. The van der Waals surface area contributed by atoms with E-state index in [2.05, 4.69) is 349 Å². The van der Waals surface area contributed by atoms with Crippen molar-refractivity contribution in [3.63, 3.8) is 0 Å². The minimum Gasteiger partial charge on any atom is -0.307 e. The van der Waals surface area contributed by atoms with Gasteiger partial charge in [-0.15, -0.1) is 0 Å². The van der Waals surface area contributed by atoms with Crippen LogP contribution < -0.4 is 0 Å². The maximum atomic E-state index is 5.12. The summed E-state index contributed by atoms with van der Waals surface area (Å²) in [7, 11) is 0. The number of rotatable bonds is 15. The Labute approximate surface area is 859 Å². The lowest BCUT2D eigenvalue weighted by Crippen LogP contribution is -2.03. The van der Waals surface area contributed by atoms with Crippen molar-refractivity contribution in [3.05, 3.63) is 510 Å². The van der Waals surface area contributed by atoms with E-state index in [1.54, 1.807) is 6.20 Å². The van der Waals surface area contributed by atoms with Gasteiger partial charge in [0.2, 0.25) is 5.95 Å². The predicted octanol–water partition coefficient (Wildman–Crippen LogP) is 31.4. The zero-order valence-corrected chi connectivity index (χ0v) is 80.5. The van der Waals surface area contributed by atoms with E-state index in [4.69, 9.17) is 59.8 Å². The Bertz CT molecular complexity index is 9290. The van der Waals surface area contributed by atoms with Crippen LogP contribution in [0.15, 0.2) is 510 Å². The van der Waals surface area contributed by atoms with Gasteiger partial charge in [-0.05, 0) is 97.1 Å². The second-order valence-electron chi connectivity index (χ2n) is 37.1. The third-order valence-electron chi connectivity index (χ3n) is 28.3. The molecule has 0 saturated carbocycles. The molecule has 0 radical (unpaired) electrons. The Morgan fingerprint density at radius 1 is 0.133 bits per heavy atom. The average Bonchev–Trinajstić information content (AvgIpc) is 1.55. The molecule has 18 aromatic carbocycles. The lowest BCUT2D eigenvalue weighted by atomic mass is 10.1. The molecule has 30 rings (SSSR count). The quantitative estimate of drug-likeness (QED) is 0.0947. The molecule has 12 heterocycles. The van der Waals surface area contributed by atoms with E-state index < -0.39 is 0 Å². The van der Waals surface area contributed by atoms with Crippen molar-refractivity contribution in [2.24, 2.45) is 0 Å². The van der Waals surface area contributed by atoms with Crippen molar-refractivity contribution in [3.8, 4) is 137 Å². The van der Waals surface area contributed by atoms with Crippen LogP contribution >= 0.6 is 0 Å². The molecule has 0 aliphatic heterocycles. The topological polar surface area (TPSA) is 184 Å². The van der Waals surface area contributed by atoms with Crippen molar-refractivity contribution >= 4 is 131 Å². The van der Waals surface area contributed by atoms with Crippen molar-refractivity contribution in [1.29, 1.82) is 0 Å². The summed E-state index contributed by atoms with van der Waals surface area (Å²) in [4.78, 5) is 59.9. The molecule has 0 unspecified atom stereocenters. The first kappa shape index (κ1) is 87.1. The minimum absolute atomic E-state index is 0.526. The van der Waals surface area contributed by atoms with Crippen molar-refractivity contribution in [2.75, 3.05) is 0 Å². The lowest BCUT2D eigenvalue weighted by molar-refractivity contribution is 0.987. The van der Waals surface area contributed by atoms with E-state index in [0.717, 1.165) is 178 Å². The summed E-state index contributed by atoms with van der Waals surface area (Å²) in [6, 6.07) is 166. The van der Waals surface area contributed by atoms with Crippen LogP contribution in [0, 0.1) is 0 Å². The number of para-hydroxylation sites is 9. The van der Waals surface area contributed by atoms with Gasteiger partial charge in [-0.3, -0.25) is 13.7 Å². The number of hydrogen-bond acceptors (Lipinski definition) is 12. The molecule has 0 aliphatic rings. The minimum atomic E-state index is 0.526. The first-order valence-corrected chi connectivity index (χ1v) is 50.0. The van der Waals surface area contributed by atoms with Crippen molar-refractivity contribution in [2.45, 2.75) is 0 Å². The van der Waals surface area contributed by atoms with Crippen LogP contribution in [0.1, 0.15) is 0 Å². The van der Waals surface area contributed by atoms with E-state index in [-0.39, 0.29) is 0 Å². The Balaban J connectivity index is 0.000000108. The summed E-state index contributed by atoms with van der Waals surface area (Å²) >= 11 is 0. The van der Waals surface area contributed by atoms with Gasteiger partial charge in [0.1, 0.15) is 11.5 Å². The summed E-state index contributed by atoms with van der Waals surface area (Å²) < 4.78 is 13.9. The summed E-state index contributed by atoms with van der Waals surface area (Å²) in [5, 5.41) is 14.2. The van der Waals surface area contributed by atoms with Gasteiger partial charge in [0.25, 0.3) is 0 Å². The fourth-order valence-corrected chi connectivity index (χ4v) is 21.6. The van der Waals surface area contributed by atoms with Gasteiger partial charge < -0.3 is 13.7 Å². The molecule has 18 nitrogen and oxygen atoms in total. The number of pyridine rings is 1. The Morgan fingerprint density at radius 3 is 0.700 bits per heavy atom. The first-order valence-electron chi connectivity index (χ1n) is 50.0. The molecule has 0 amide bonds. The van der Waals surface area contributed by atoms with E-state index >= 15 is 0 Å². The molecule has 0 fully saturated rings. The largest absolute Gasteiger partial charge is 0.307 e. The SMILES string of the molecule is c1ccc(-c2cc(-c3ccccc3)nc(-c3cnc(-n4c5ccccc5c5ccc6c7ccccc7n(-c7ccccc7)c6c54)cn3)n2)cc1.c1ccc(-c2cc(-c3cnc(-n4c5ccccc5c5ccc6c7ccccc7n(-c7ccccc7)c6c54)nc3)nc(-c3ccccc3)n2)cc1.c1ccc(-c2nc(-c3ccccc3)nc(-c3ccc(-n4c5ccccc5c5ccc6c7ccccc7n(-c7ccccc7)c6c54)nc3)n2)cc1. The van der Waals surface area contributed by atoms with Crippen LogP contribution in [0.25, 0.3) is 268 Å². The standard InChI is InChI=1S/3C44H28N6/c1-4-14-29(15-5-1)42-46-43(30-16-6-2-7-17-30)48-44(47-42)31-24-27-39(45-28-31)50-38-23-13-11-21-34(38)36-26-25-35-33-20-10-12-22-37(33)49(40(35)41(36)50)32-18-8-3-9-19-32;1-4-14-29(15-5-1)37-26-38(48-43(47-37)30-16-6-2-7-17-30)31-27-45-44(46-28-31)50-40-23-13-11-21-34(40)36-25-24-35-33-20-10-12-22-39(33)49(41(35)42(36)50)32-18-8-3-9-19-32;1-4-14-29(15-5-1)36-26-37(30-16-6-2-7-17-30)48-44(47-36)38-27-46-41(28-45-38)50-40-23-13-11-21-33(40)35-25-24-34-32-20-10-12-22-39(32)49(42(34)43(35)50)31-18-8-3-9-19-31/h3*1-28H. The van der Waals surface area contributed by atoms with Gasteiger partial charge in [0, 0.05) is 145 Å². The third kappa shape index (κ3) is 15.1. The Kier molecular flexibility index (Phi) is 21.4. The van der Waals surface area contributed by atoms with E-state index in [9.17, 15) is 0 Å². The second-order valence-corrected chi connectivity index (χ2v) is 37.1. The highest BCUT2D eigenvalue weighted by Gasteiger charge is 2.29. The highest BCUT2D eigenvalue weighted by atomic mass is 15.2. The maximum absolute atomic E-state index is 5.12. The number of nitrogens with zero attached hydrogens (tertiary/aromatic N) is 18. The van der Waals surface area contributed by atoms with Crippen molar-refractivity contribution < 1.29 is 0 Å². The molecule has 0 spiro atoms. The normalized spacial score (nSPS) is 11.6. The molecule has 0 aliphatic carbocycles. The molecule has 0 bridgehead atoms. The molecule has 0 saturated heterocycles. The smallest absolute Gasteiger partial charge is 0.234 e. The van der Waals surface area contributed by atoms with Gasteiger partial charge in [0.15, 0.2) is 34.9 Å². The molecule has 30 aromatic rings. The van der Waals surface area contributed by atoms with E-state index in [1.165, 1.54) is 48.6 Å². The van der Waals surface area contributed by atoms with Gasteiger partial charge in [-0.1, -0.05) is 382 Å². The summed E-state index contributed by atoms with van der Waals surface area (Å²) in [5.74, 6) is 5.14. The summed E-state index contributed by atoms with van der Waals surface area (Å²) in [6.07, 6.45) is 9.27. The molecule has 150 heavy (non-hydrogen) atoms. The summed E-state index contributed by atoms with van der Waals surface area (Å²) in [6.45, 7) is 0. The van der Waals surface area contributed by atoms with Gasteiger partial charge >= 0.3 is 0 Å². The van der Waals surface area contributed by atoms with Crippen LogP contribution in [-0.4, -0.2) is 87.2 Å². The van der Waals surface area contributed by atoms with Crippen LogP contribution in [0.4, 0.5) is 0 Å². The molecule has 0 N–H and O–H groups in total. The molecule has 0 atom stereocenters. The van der Waals surface area contributed by atoms with E-state index in [1.807, 2.05) is 183 Å². The fraction of sp³-hybridized carbons (Fsp3) is 0. The highest BCUT2D eigenvalue weighted by molar-refractivity contribution is 6.27. The Hall–Kier alpha value is -20.8. The second kappa shape index (κ2) is 36.9. The third-order valence-corrected chi connectivity index (χ3v) is 28.3. The van der Waals surface area contributed by atoms with E-state index in [0.29, 0.717) is 40.8 Å². The molecule has 18 heteroatoms. The number of hydrogen-bond donors (Lipinski definition) is 0. The zero-order chi connectivity index (χ0) is 99.1. The number of benzene rings is 18.